The zero-order valence-corrected chi connectivity index (χ0v) is 21.1. The monoisotopic (exact) mass is 513 g/mol. The van der Waals surface area contributed by atoms with Crippen LogP contribution >= 0.6 is 23.5 Å². The van der Waals surface area contributed by atoms with Gasteiger partial charge in [0, 0.05) is 18.5 Å². The van der Waals surface area contributed by atoms with Crippen molar-refractivity contribution >= 4 is 51.7 Å². The summed E-state index contributed by atoms with van der Waals surface area (Å²) in [5.41, 5.74) is 3.75. The molecule has 0 saturated carbocycles. The molecule has 2 aliphatic rings. The number of aliphatic imine (C=N–C) groups is 1. The number of nitrogens with zero attached hydrogens (tertiary/aromatic N) is 4. The lowest BCUT2D eigenvalue weighted by atomic mass is 10.2. The lowest BCUT2D eigenvalue weighted by molar-refractivity contribution is -0.122. The number of amidine groups is 1. The zero-order chi connectivity index (χ0) is 25.1. The Balaban J connectivity index is 1.58. The molecule has 0 spiro atoms. The molecule has 180 valence electrons. The summed E-state index contributed by atoms with van der Waals surface area (Å²) in [4.78, 5) is 24.1. The van der Waals surface area contributed by atoms with Crippen molar-refractivity contribution in [2.75, 3.05) is 30.4 Å². The topological polar surface area (TPSA) is 92.0 Å². The van der Waals surface area contributed by atoms with E-state index in [1.165, 1.54) is 11.8 Å². The molecule has 2 aliphatic heterocycles. The fourth-order valence-electron chi connectivity index (χ4n) is 3.96. The second-order valence-electron chi connectivity index (χ2n) is 8.13. The molecule has 3 aromatic rings. The van der Waals surface area contributed by atoms with Crippen LogP contribution in [0.15, 0.2) is 92.6 Å². The molecule has 1 amide bonds. The van der Waals surface area contributed by atoms with Gasteiger partial charge in [-0.1, -0.05) is 54.2 Å². The molecule has 0 atom stereocenters. The van der Waals surface area contributed by atoms with Crippen LogP contribution in [0.25, 0.3) is 0 Å². The standard InChI is InChI=1S/C27H23N5O2S2/c1-31-22-9-5-6-10-23(22)35-26(31)24-25(34)32(17-18-7-3-2-4-8-18)27(36-24)30-21-15-19(16-28)11-12-20(21)29-13-14-33/h2-12,15,29,33H,13-14,17H2,1H3/b26-24-,30-27-. The number of nitriles is 1. The van der Waals surface area contributed by atoms with Gasteiger partial charge in [-0.05, 0) is 47.7 Å². The van der Waals surface area contributed by atoms with Crippen molar-refractivity contribution in [3.05, 3.63) is 93.9 Å². The molecule has 0 bridgehead atoms. The summed E-state index contributed by atoms with van der Waals surface area (Å²) in [6.07, 6.45) is 0. The number of carbonyl (C=O) groups excluding carboxylic acids is 1. The maximum absolute atomic E-state index is 13.8. The smallest absolute Gasteiger partial charge is 0.269 e. The Labute approximate surface area is 218 Å². The van der Waals surface area contributed by atoms with E-state index in [-0.39, 0.29) is 12.5 Å². The quantitative estimate of drug-likeness (QED) is 0.441. The molecule has 5 rings (SSSR count). The van der Waals surface area contributed by atoms with E-state index in [9.17, 15) is 15.2 Å². The molecule has 1 fully saturated rings. The Morgan fingerprint density at radius 3 is 2.58 bits per heavy atom. The second kappa shape index (κ2) is 10.5. The van der Waals surface area contributed by atoms with Crippen molar-refractivity contribution in [2.45, 2.75) is 11.4 Å². The third-order valence-corrected chi connectivity index (χ3v) is 8.18. The van der Waals surface area contributed by atoms with Crippen molar-refractivity contribution < 1.29 is 9.90 Å². The number of aliphatic hydroxyl groups excluding tert-OH is 1. The largest absolute Gasteiger partial charge is 0.395 e. The number of rotatable bonds is 6. The van der Waals surface area contributed by atoms with Gasteiger partial charge in [-0.2, -0.15) is 5.26 Å². The number of fused-ring (bicyclic) bond motifs is 1. The van der Waals surface area contributed by atoms with Crippen LogP contribution < -0.4 is 10.2 Å². The fraction of sp³-hybridized carbons (Fsp3) is 0.148. The number of hydrogen-bond acceptors (Lipinski definition) is 8. The number of para-hydroxylation sites is 1. The van der Waals surface area contributed by atoms with E-state index in [0.29, 0.717) is 40.1 Å². The molecular weight excluding hydrogens is 490 g/mol. The summed E-state index contributed by atoms with van der Waals surface area (Å²) in [5, 5.41) is 23.3. The molecule has 0 radical (unpaired) electrons. The minimum atomic E-state index is -0.105. The van der Waals surface area contributed by atoms with Gasteiger partial charge in [0.25, 0.3) is 5.91 Å². The molecule has 9 heteroatoms. The van der Waals surface area contributed by atoms with Crippen LogP contribution in [0.5, 0.6) is 0 Å². The van der Waals surface area contributed by atoms with Crippen LogP contribution in [0.1, 0.15) is 11.1 Å². The predicted molar refractivity (Wildman–Crippen MR) is 146 cm³/mol. The summed E-state index contributed by atoms with van der Waals surface area (Å²) in [6.45, 7) is 0.684. The lowest BCUT2D eigenvalue weighted by Gasteiger charge is -2.17. The highest BCUT2D eigenvalue weighted by Gasteiger charge is 2.39. The summed E-state index contributed by atoms with van der Waals surface area (Å²) >= 11 is 2.92. The molecule has 1 saturated heterocycles. The van der Waals surface area contributed by atoms with Crippen LogP contribution in [-0.4, -0.2) is 41.3 Å². The van der Waals surface area contributed by atoms with E-state index in [2.05, 4.69) is 22.4 Å². The highest BCUT2D eigenvalue weighted by Crippen LogP contribution is 2.50. The first kappa shape index (κ1) is 24.0. The van der Waals surface area contributed by atoms with Gasteiger partial charge in [0.1, 0.15) is 4.91 Å². The van der Waals surface area contributed by atoms with E-state index in [4.69, 9.17) is 4.99 Å². The van der Waals surface area contributed by atoms with Crippen LogP contribution in [0.2, 0.25) is 0 Å². The Bertz CT molecular complexity index is 1420. The van der Waals surface area contributed by atoms with Crippen LogP contribution in [0, 0.1) is 11.3 Å². The zero-order valence-electron chi connectivity index (χ0n) is 19.5. The van der Waals surface area contributed by atoms with E-state index in [1.54, 1.807) is 34.9 Å². The third kappa shape index (κ3) is 4.71. The average Bonchev–Trinajstić information content (AvgIpc) is 3.40. The van der Waals surface area contributed by atoms with Gasteiger partial charge < -0.3 is 15.3 Å². The second-order valence-corrected chi connectivity index (χ2v) is 10.1. The first-order valence-corrected chi connectivity index (χ1v) is 13.0. The molecule has 2 N–H and O–H groups in total. The Morgan fingerprint density at radius 1 is 1.06 bits per heavy atom. The van der Waals surface area contributed by atoms with E-state index in [0.717, 1.165) is 21.2 Å². The number of hydrogen-bond donors (Lipinski definition) is 2. The number of aliphatic hydroxyl groups is 1. The summed E-state index contributed by atoms with van der Waals surface area (Å²) in [5.74, 6) is -0.105. The number of anilines is 2. The number of nitrogens with one attached hydrogen (secondary N) is 1. The van der Waals surface area contributed by atoms with Crippen molar-refractivity contribution in [2.24, 2.45) is 4.99 Å². The lowest BCUT2D eigenvalue weighted by Crippen LogP contribution is -2.29. The number of thioether (sulfide) groups is 2. The van der Waals surface area contributed by atoms with Crippen molar-refractivity contribution in [1.29, 1.82) is 5.26 Å². The van der Waals surface area contributed by atoms with Gasteiger partial charge in [0.2, 0.25) is 0 Å². The van der Waals surface area contributed by atoms with Gasteiger partial charge in [0.05, 0.1) is 46.9 Å². The van der Waals surface area contributed by atoms with E-state index in [1.807, 2.05) is 55.6 Å². The first-order chi connectivity index (χ1) is 17.6. The number of carbonyl (C=O) groups is 1. The molecular formula is C27H23N5O2S2. The van der Waals surface area contributed by atoms with Crippen LogP contribution in [0.3, 0.4) is 0 Å². The molecule has 0 aliphatic carbocycles. The molecule has 3 aromatic carbocycles. The highest BCUT2D eigenvalue weighted by atomic mass is 32.2. The molecule has 0 aromatic heterocycles. The van der Waals surface area contributed by atoms with Crippen molar-refractivity contribution in [1.82, 2.24) is 4.90 Å². The van der Waals surface area contributed by atoms with Gasteiger partial charge in [-0.3, -0.25) is 9.69 Å². The predicted octanol–water partition coefficient (Wildman–Crippen LogP) is 5.14. The molecule has 7 nitrogen and oxygen atoms in total. The minimum absolute atomic E-state index is 0.0380. The van der Waals surface area contributed by atoms with Crippen LogP contribution in [0.4, 0.5) is 17.1 Å². The molecule has 0 unspecified atom stereocenters. The normalized spacial score (nSPS) is 18.0. The maximum Gasteiger partial charge on any atom is 0.269 e. The number of amides is 1. The minimum Gasteiger partial charge on any atom is -0.395 e. The van der Waals surface area contributed by atoms with Gasteiger partial charge in [-0.25, -0.2) is 4.99 Å². The highest BCUT2D eigenvalue weighted by molar-refractivity contribution is 8.19. The van der Waals surface area contributed by atoms with Crippen LogP contribution in [-0.2, 0) is 11.3 Å². The maximum atomic E-state index is 13.8. The van der Waals surface area contributed by atoms with Gasteiger partial charge >= 0.3 is 0 Å². The van der Waals surface area contributed by atoms with Crippen molar-refractivity contribution in [3.8, 4) is 6.07 Å². The Kier molecular flexibility index (Phi) is 7.00. The summed E-state index contributed by atoms with van der Waals surface area (Å²) < 4.78 is 0. The van der Waals surface area contributed by atoms with E-state index >= 15 is 0 Å². The average molecular weight is 514 g/mol. The van der Waals surface area contributed by atoms with E-state index < -0.39 is 0 Å². The number of benzene rings is 3. The third-order valence-electron chi connectivity index (χ3n) is 5.75. The van der Waals surface area contributed by atoms with Gasteiger partial charge in [0.15, 0.2) is 5.17 Å². The summed E-state index contributed by atoms with van der Waals surface area (Å²) in [7, 11) is 1.97. The first-order valence-electron chi connectivity index (χ1n) is 11.3. The Morgan fingerprint density at radius 2 is 1.83 bits per heavy atom. The van der Waals surface area contributed by atoms with Gasteiger partial charge in [-0.15, -0.1) is 0 Å². The Hall–Kier alpha value is -3.71. The molecule has 36 heavy (non-hydrogen) atoms. The SMILES string of the molecule is CN1/C(=C2/S/C(=N\c3cc(C#N)ccc3NCCO)N(Cc3ccccc3)C2=O)Sc2ccccc21. The van der Waals surface area contributed by atoms with Crippen molar-refractivity contribution in [3.63, 3.8) is 0 Å². The molecule has 2 heterocycles. The summed E-state index contributed by atoms with van der Waals surface area (Å²) in [6, 6.07) is 25.2. The fourth-order valence-corrected chi connectivity index (χ4v) is 6.30.